The minimum atomic E-state index is -0.684. The van der Waals surface area contributed by atoms with Crippen LogP contribution in [0.4, 0.5) is 0 Å². The molecular weight excluding hydrogens is 480 g/mol. The van der Waals surface area contributed by atoms with E-state index >= 15 is 0 Å². The molecule has 1 aliphatic heterocycles. The Balaban J connectivity index is 1.53. The van der Waals surface area contributed by atoms with Crippen LogP contribution in [0.2, 0.25) is 0 Å². The third-order valence-electron chi connectivity index (χ3n) is 6.49. The van der Waals surface area contributed by atoms with Gasteiger partial charge in [-0.25, -0.2) is 0 Å². The molecule has 1 aliphatic rings. The Labute approximate surface area is 223 Å². The average molecular weight is 515 g/mol. The second kappa shape index (κ2) is 12.4. The van der Waals surface area contributed by atoms with E-state index in [1.165, 1.54) is 0 Å². The van der Waals surface area contributed by atoms with E-state index < -0.39 is 17.7 Å². The van der Waals surface area contributed by atoms with E-state index in [4.69, 9.17) is 9.47 Å². The van der Waals surface area contributed by atoms with Crippen LogP contribution in [0.5, 0.6) is 11.5 Å². The van der Waals surface area contributed by atoms with Crippen LogP contribution in [0.1, 0.15) is 29.2 Å². The molecule has 1 N–H and O–H groups in total. The van der Waals surface area contributed by atoms with Crippen LogP contribution < -0.4 is 9.47 Å². The maximum Gasteiger partial charge on any atom is 0.295 e. The predicted molar refractivity (Wildman–Crippen MR) is 147 cm³/mol. The molecule has 3 aromatic rings. The Bertz CT molecular complexity index is 1290. The molecule has 38 heavy (non-hydrogen) atoms. The molecule has 7 heteroatoms. The lowest BCUT2D eigenvalue weighted by Gasteiger charge is -2.26. The van der Waals surface area contributed by atoms with Gasteiger partial charge in [0.05, 0.1) is 11.6 Å². The molecule has 1 heterocycles. The third kappa shape index (κ3) is 6.23. The van der Waals surface area contributed by atoms with E-state index in [-0.39, 0.29) is 11.3 Å². The fourth-order valence-corrected chi connectivity index (χ4v) is 4.54. The van der Waals surface area contributed by atoms with Crippen molar-refractivity contribution < 1.29 is 24.2 Å². The van der Waals surface area contributed by atoms with E-state index in [0.717, 1.165) is 23.4 Å². The summed E-state index contributed by atoms with van der Waals surface area (Å²) in [6, 6.07) is 23.3. The monoisotopic (exact) mass is 514 g/mol. The van der Waals surface area contributed by atoms with Crippen molar-refractivity contribution in [2.45, 2.75) is 19.4 Å². The largest absolute Gasteiger partial charge is 0.507 e. The summed E-state index contributed by atoms with van der Waals surface area (Å²) in [6.07, 6.45) is 0.698. The number of hydrogen-bond acceptors (Lipinski definition) is 6. The number of aliphatic hydroxyl groups excluding tert-OH is 1. The van der Waals surface area contributed by atoms with Crippen LogP contribution >= 0.6 is 0 Å². The summed E-state index contributed by atoms with van der Waals surface area (Å²) in [5, 5.41) is 11.1. The summed E-state index contributed by atoms with van der Waals surface area (Å²) in [5.41, 5.74) is 2.40. The molecule has 198 valence electrons. The van der Waals surface area contributed by atoms with Crippen LogP contribution in [0.15, 0.2) is 84.4 Å². The Morgan fingerprint density at radius 1 is 0.895 bits per heavy atom. The summed E-state index contributed by atoms with van der Waals surface area (Å²) in [4.78, 5) is 29.8. The van der Waals surface area contributed by atoms with Crippen LogP contribution in [-0.2, 0) is 9.59 Å². The Hall–Kier alpha value is -4.10. The Morgan fingerprint density at radius 3 is 2.24 bits per heavy atom. The molecule has 1 amide bonds. The highest BCUT2D eigenvalue weighted by Gasteiger charge is 2.45. The number of carbonyl (C=O) groups is 2. The lowest BCUT2D eigenvalue weighted by atomic mass is 9.95. The van der Waals surface area contributed by atoms with Gasteiger partial charge in [-0.1, -0.05) is 60.7 Å². The van der Waals surface area contributed by atoms with Gasteiger partial charge in [-0.2, -0.15) is 0 Å². The van der Waals surface area contributed by atoms with E-state index in [2.05, 4.69) is 0 Å². The highest BCUT2D eigenvalue weighted by Crippen LogP contribution is 2.39. The number of aryl methyl sites for hydroxylation is 1. The number of nitrogens with zero attached hydrogens (tertiary/aromatic N) is 2. The predicted octanol–water partition coefficient (Wildman–Crippen LogP) is 4.83. The topological polar surface area (TPSA) is 79.3 Å². The molecule has 0 radical (unpaired) electrons. The van der Waals surface area contributed by atoms with E-state index in [1.54, 1.807) is 29.2 Å². The quantitative estimate of drug-likeness (QED) is 0.171. The van der Waals surface area contributed by atoms with Crippen molar-refractivity contribution in [2.24, 2.45) is 0 Å². The maximum absolute atomic E-state index is 13.1. The number of benzene rings is 3. The summed E-state index contributed by atoms with van der Waals surface area (Å²) in [6.45, 7) is 3.93. The fraction of sp³-hybridized carbons (Fsp3) is 0.290. The van der Waals surface area contributed by atoms with Gasteiger partial charge in [0.1, 0.15) is 30.5 Å². The summed E-state index contributed by atoms with van der Waals surface area (Å²) < 4.78 is 11.6. The number of rotatable bonds is 11. The van der Waals surface area contributed by atoms with Crippen molar-refractivity contribution in [3.63, 3.8) is 0 Å². The molecule has 3 aromatic carbocycles. The summed E-state index contributed by atoms with van der Waals surface area (Å²) in [7, 11) is 3.93. The number of likely N-dealkylation sites (tertiary alicyclic amines) is 1. The molecule has 1 saturated heterocycles. The summed E-state index contributed by atoms with van der Waals surface area (Å²) in [5.74, 6) is 0.0382. The number of ketones is 1. The first-order chi connectivity index (χ1) is 18.4. The van der Waals surface area contributed by atoms with Crippen molar-refractivity contribution in [3.8, 4) is 11.5 Å². The van der Waals surface area contributed by atoms with Gasteiger partial charge in [-0.15, -0.1) is 0 Å². The zero-order valence-corrected chi connectivity index (χ0v) is 22.1. The third-order valence-corrected chi connectivity index (χ3v) is 6.49. The zero-order chi connectivity index (χ0) is 27.1. The molecule has 1 atom stereocenters. The first-order valence-electron chi connectivity index (χ1n) is 12.8. The van der Waals surface area contributed by atoms with Gasteiger partial charge in [0.15, 0.2) is 0 Å². The number of aliphatic hydroxyl groups is 1. The van der Waals surface area contributed by atoms with Crippen molar-refractivity contribution >= 4 is 17.4 Å². The van der Waals surface area contributed by atoms with Crippen LogP contribution in [0.25, 0.3) is 5.76 Å². The highest BCUT2D eigenvalue weighted by molar-refractivity contribution is 6.46. The smallest absolute Gasteiger partial charge is 0.295 e. The van der Waals surface area contributed by atoms with Crippen LogP contribution in [-0.4, -0.2) is 67.0 Å². The highest BCUT2D eigenvalue weighted by atomic mass is 16.5. The SMILES string of the molecule is Cc1ccccc1OCCOc1ccc([C@H]2/C(=C(\O)c3ccccc3)C(=O)C(=O)N2CCCN(C)C)cc1. The average Bonchev–Trinajstić information content (AvgIpc) is 3.17. The zero-order valence-electron chi connectivity index (χ0n) is 22.1. The molecule has 0 unspecified atom stereocenters. The lowest BCUT2D eigenvalue weighted by Crippen LogP contribution is -2.32. The maximum atomic E-state index is 13.1. The van der Waals surface area contributed by atoms with Gasteiger partial charge in [0, 0.05) is 12.1 Å². The fourth-order valence-electron chi connectivity index (χ4n) is 4.54. The minimum absolute atomic E-state index is 0.103. The number of para-hydroxylation sites is 1. The standard InChI is InChI=1S/C31H34N2O5/c1-22-10-7-8-13-26(22)38-21-20-37-25-16-14-23(15-17-25)28-27(29(34)24-11-5-4-6-12-24)30(35)31(36)33(28)19-9-18-32(2)3/h4-8,10-17,28,34H,9,18-21H2,1-3H3/b29-27+/t28-/m0/s1. The minimum Gasteiger partial charge on any atom is -0.507 e. The normalized spacial score (nSPS) is 16.7. The number of amides is 1. The number of ether oxygens (including phenoxy) is 2. The van der Waals surface area contributed by atoms with Crippen molar-refractivity contribution in [1.29, 1.82) is 0 Å². The molecule has 0 saturated carbocycles. The van der Waals surface area contributed by atoms with Crippen molar-refractivity contribution in [1.82, 2.24) is 9.80 Å². The van der Waals surface area contributed by atoms with E-state index in [9.17, 15) is 14.7 Å². The molecule has 0 aliphatic carbocycles. The van der Waals surface area contributed by atoms with Crippen molar-refractivity contribution in [2.75, 3.05) is 40.4 Å². The van der Waals surface area contributed by atoms with Gasteiger partial charge in [-0.3, -0.25) is 9.59 Å². The molecule has 4 rings (SSSR count). The molecule has 0 spiro atoms. The van der Waals surface area contributed by atoms with Gasteiger partial charge in [0.25, 0.3) is 11.7 Å². The van der Waals surface area contributed by atoms with Crippen LogP contribution in [0, 0.1) is 6.92 Å². The van der Waals surface area contributed by atoms with Gasteiger partial charge in [-0.05, 0) is 63.3 Å². The number of carbonyl (C=O) groups excluding carboxylic acids is 2. The molecular formula is C31H34N2O5. The van der Waals surface area contributed by atoms with Gasteiger partial charge >= 0.3 is 0 Å². The summed E-state index contributed by atoms with van der Waals surface area (Å²) >= 11 is 0. The van der Waals surface area contributed by atoms with Crippen LogP contribution in [0.3, 0.4) is 0 Å². The molecule has 0 bridgehead atoms. The molecule has 1 fully saturated rings. The number of hydrogen-bond donors (Lipinski definition) is 1. The Kier molecular flexibility index (Phi) is 8.81. The number of Topliss-reactive ketones (excluding diaryl/α,β-unsaturated/α-hetero) is 1. The van der Waals surface area contributed by atoms with E-state index in [0.29, 0.717) is 37.5 Å². The van der Waals surface area contributed by atoms with Gasteiger partial charge < -0.3 is 24.4 Å². The first kappa shape index (κ1) is 26.9. The van der Waals surface area contributed by atoms with E-state index in [1.807, 2.05) is 80.5 Å². The lowest BCUT2D eigenvalue weighted by molar-refractivity contribution is -0.139. The second-order valence-corrected chi connectivity index (χ2v) is 9.55. The Morgan fingerprint density at radius 2 is 1.55 bits per heavy atom. The first-order valence-corrected chi connectivity index (χ1v) is 12.8. The second-order valence-electron chi connectivity index (χ2n) is 9.55. The molecule has 0 aromatic heterocycles. The molecule has 7 nitrogen and oxygen atoms in total. The van der Waals surface area contributed by atoms with Gasteiger partial charge in [0.2, 0.25) is 0 Å². The van der Waals surface area contributed by atoms with Crippen molar-refractivity contribution in [3.05, 3.63) is 101 Å².